The zero-order chi connectivity index (χ0) is 18.8. The van der Waals surface area contributed by atoms with Crippen molar-refractivity contribution in [1.82, 2.24) is 10.3 Å². The quantitative estimate of drug-likeness (QED) is 0.337. The van der Waals surface area contributed by atoms with Crippen molar-refractivity contribution >= 4 is 35.6 Å². The molecule has 2 N–H and O–H groups in total. The summed E-state index contributed by atoms with van der Waals surface area (Å²) in [5.41, 5.74) is 1.88. The van der Waals surface area contributed by atoms with Crippen LogP contribution in [0.2, 0.25) is 0 Å². The van der Waals surface area contributed by atoms with Gasteiger partial charge in [-0.2, -0.15) is 0 Å². The first-order valence-corrected chi connectivity index (χ1v) is 8.55. The number of hydrogen-bond donors (Lipinski definition) is 2. The SMILES string of the molecule is CCNC(=NCc1ccnc(OC)c1)Nc1ccc(OC)c(OCC)c1.I. The van der Waals surface area contributed by atoms with E-state index >= 15 is 0 Å². The molecule has 2 aromatic rings. The Kier molecular flexibility index (Phi) is 10.3. The molecule has 0 radical (unpaired) electrons. The van der Waals surface area contributed by atoms with Gasteiger partial charge >= 0.3 is 0 Å². The molecular formula is C19H27IN4O3. The summed E-state index contributed by atoms with van der Waals surface area (Å²) in [4.78, 5) is 8.72. The molecule has 0 aliphatic heterocycles. The largest absolute Gasteiger partial charge is 0.493 e. The Morgan fingerprint density at radius 2 is 1.89 bits per heavy atom. The molecule has 0 aliphatic rings. The van der Waals surface area contributed by atoms with Crippen molar-refractivity contribution < 1.29 is 14.2 Å². The third-order valence-corrected chi connectivity index (χ3v) is 3.50. The highest BCUT2D eigenvalue weighted by Crippen LogP contribution is 2.30. The van der Waals surface area contributed by atoms with Crippen molar-refractivity contribution in [1.29, 1.82) is 0 Å². The van der Waals surface area contributed by atoms with Crippen molar-refractivity contribution in [2.75, 3.05) is 32.7 Å². The van der Waals surface area contributed by atoms with Gasteiger partial charge in [0, 0.05) is 30.6 Å². The van der Waals surface area contributed by atoms with Gasteiger partial charge in [-0.15, -0.1) is 24.0 Å². The first kappa shape index (κ1) is 22.8. The Morgan fingerprint density at radius 1 is 1.07 bits per heavy atom. The second-order valence-electron chi connectivity index (χ2n) is 5.33. The van der Waals surface area contributed by atoms with E-state index < -0.39 is 0 Å². The molecule has 0 bridgehead atoms. The lowest BCUT2D eigenvalue weighted by Gasteiger charge is -2.14. The summed E-state index contributed by atoms with van der Waals surface area (Å²) in [6.45, 7) is 5.78. The first-order valence-electron chi connectivity index (χ1n) is 8.55. The monoisotopic (exact) mass is 486 g/mol. The smallest absolute Gasteiger partial charge is 0.213 e. The third kappa shape index (κ3) is 7.12. The van der Waals surface area contributed by atoms with Crippen LogP contribution in [0.5, 0.6) is 17.4 Å². The van der Waals surface area contributed by atoms with Gasteiger partial charge in [0.15, 0.2) is 17.5 Å². The molecular weight excluding hydrogens is 459 g/mol. The highest BCUT2D eigenvalue weighted by Gasteiger charge is 2.07. The molecule has 148 valence electrons. The number of ether oxygens (including phenoxy) is 3. The Hall–Kier alpha value is -2.23. The van der Waals surface area contributed by atoms with Crippen LogP contribution in [0.4, 0.5) is 5.69 Å². The van der Waals surface area contributed by atoms with Crippen LogP contribution in [0.15, 0.2) is 41.5 Å². The normalized spacial score (nSPS) is 10.6. The molecule has 2 rings (SSSR count). The summed E-state index contributed by atoms with van der Waals surface area (Å²) in [5, 5.41) is 6.52. The number of guanidine groups is 1. The van der Waals surface area contributed by atoms with Crippen LogP contribution in [0.25, 0.3) is 0 Å². The minimum atomic E-state index is 0. The summed E-state index contributed by atoms with van der Waals surface area (Å²) in [6, 6.07) is 9.46. The molecule has 1 heterocycles. The van der Waals surface area contributed by atoms with Gasteiger partial charge in [-0.3, -0.25) is 0 Å². The molecule has 0 saturated heterocycles. The number of hydrogen-bond acceptors (Lipinski definition) is 5. The van der Waals surface area contributed by atoms with Gasteiger partial charge in [-0.05, 0) is 37.6 Å². The second kappa shape index (κ2) is 12.2. The zero-order valence-corrected chi connectivity index (χ0v) is 18.4. The summed E-state index contributed by atoms with van der Waals surface area (Å²) in [5.74, 6) is 2.64. The van der Waals surface area contributed by atoms with E-state index in [0.717, 1.165) is 17.8 Å². The van der Waals surface area contributed by atoms with E-state index in [1.807, 2.05) is 44.2 Å². The maximum absolute atomic E-state index is 5.62. The number of benzene rings is 1. The molecule has 8 heteroatoms. The van der Waals surface area contributed by atoms with Gasteiger partial charge in [0.1, 0.15) is 0 Å². The molecule has 0 unspecified atom stereocenters. The van der Waals surface area contributed by atoms with Crippen LogP contribution in [0, 0.1) is 0 Å². The zero-order valence-electron chi connectivity index (χ0n) is 16.1. The fourth-order valence-corrected chi connectivity index (χ4v) is 2.30. The lowest BCUT2D eigenvalue weighted by atomic mass is 10.2. The van der Waals surface area contributed by atoms with Gasteiger partial charge in [0.2, 0.25) is 5.88 Å². The van der Waals surface area contributed by atoms with E-state index in [9.17, 15) is 0 Å². The standard InChI is InChI=1S/C19H26N4O3.HI/c1-5-20-19(22-13-14-9-10-21-18(11-14)25-4)23-15-7-8-16(24-3)17(12-15)26-6-2;/h7-12H,5-6,13H2,1-4H3,(H2,20,22,23);1H. The summed E-state index contributed by atoms with van der Waals surface area (Å²) >= 11 is 0. The molecule has 7 nitrogen and oxygen atoms in total. The van der Waals surface area contributed by atoms with Crippen LogP contribution in [0.3, 0.4) is 0 Å². The van der Waals surface area contributed by atoms with E-state index in [0.29, 0.717) is 36.5 Å². The minimum Gasteiger partial charge on any atom is -0.493 e. The maximum Gasteiger partial charge on any atom is 0.213 e. The molecule has 27 heavy (non-hydrogen) atoms. The van der Waals surface area contributed by atoms with Crippen LogP contribution in [-0.2, 0) is 6.54 Å². The topological polar surface area (TPSA) is 77.0 Å². The lowest BCUT2D eigenvalue weighted by Crippen LogP contribution is -2.30. The fourth-order valence-electron chi connectivity index (χ4n) is 2.30. The van der Waals surface area contributed by atoms with Gasteiger partial charge in [-0.25, -0.2) is 9.98 Å². The van der Waals surface area contributed by atoms with Crippen molar-refractivity contribution in [2.45, 2.75) is 20.4 Å². The number of nitrogens with one attached hydrogen (secondary N) is 2. The number of halogens is 1. The molecule has 0 atom stereocenters. The minimum absolute atomic E-state index is 0. The number of nitrogens with zero attached hydrogens (tertiary/aromatic N) is 2. The number of anilines is 1. The number of methoxy groups -OCH3 is 2. The Bertz CT molecular complexity index is 741. The van der Waals surface area contributed by atoms with Crippen LogP contribution in [0.1, 0.15) is 19.4 Å². The third-order valence-electron chi connectivity index (χ3n) is 3.50. The van der Waals surface area contributed by atoms with Crippen molar-refractivity contribution in [3.63, 3.8) is 0 Å². The highest BCUT2D eigenvalue weighted by atomic mass is 127. The molecule has 0 fully saturated rings. The molecule has 1 aromatic carbocycles. The van der Waals surface area contributed by atoms with Crippen molar-refractivity contribution in [2.24, 2.45) is 4.99 Å². The predicted octanol–water partition coefficient (Wildman–Crippen LogP) is 3.69. The van der Waals surface area contributed by atoms with Crippen LogP contribution < -0.4 is 24.8 Å². The van der Waals surface area contributed by atoms with E-state index in [1.54, 1.807) is 20.4 Å². The molecule has 0 aliphatic carbocycles. The van der Waals surface area contributed by atoms with Gasteiger partial charge in [0.25, 0.3) is 0 Å². The Morgan fingerprint density at radius 3 is 2.56 bits per heavy atom. The summed E-state index contributed by atoms with van der Waals surface area (Å²) < 4.78 is 16.1. The van der Waals surface area contributed by atoms with Crippen LogP contribution >= 0.6 is 24.0 Å². The van der Waals surface area contributed by atoms with Crippen molar-refractivity contribution in [3.05, 3.63) is 42.1 Å². The van der Waals surface area contributed by atoms with Gasteiger partial charge in [0.05, 0.1) is 27.4 Å². The number of pyridine rings is 1. The van der Waals surface area contributed by atoms with E-state index in [-0.39, 0.29) is 24.0 Å². The molecule has 0 spiro atoms. The Balaban J connectivity index is 0.00000364. The number of aliphatic imine (C=N–C) groups is 1. The van der Waals surface area contributed by atoms with Crippen LogP contribution in [-0.4, -0.2) is 38.3 Å². The molecule has 1 aromatic heterocycles. The van der Waals surface area contributed by atoms with E-state index in [2.05, 4.69) is 20.6 Å². The first-order chi connectivity index (χ1) is 12.7. The van der Waals surface area contributed by atoms with Crippen molar-refractivity contribution in [3.8, 4) is 17.4 Å². The van der Waals surface area contributed by atoms with E-state index in [4.69, 9.17) is 14.2 Å². The van der Waals surface area contributed by atoms with Gasteiger partial charge in [-0.1, -0.05) is 0 Å². The number of rotatable bonds is 8. The molecule has 0 saturated carbocycles. The average Bonchev–Trinajstić information content (AvgIpc) is 2.67. The predicted molar refractivity (Wildman–Crippen MR) is 119 cm³/mol. The molecule has 0 amide bonds. The fraction of sp³-hybridized carbons (Fsp3) is 0.368. The van der Waals surface area contributed by atoms with E-state index in [1.165, 1.54) is 0 Å². The number of aromatic nitrogens is 1. The second-order valence-corrected chi connectivity index (χ2v) is 5.33. The highest BCUT2D eigenvalue weighted by molar-refractivity contribution is 14.0. The van der Waals surface area contributed by atoms with Gasteiger partial charge < -0.3 is 24.8 Å². The lowest BCUT2D eigenvalue weighted by molar-refractivity contribution is 0.311. The average molecular weight is 486 g/mol. The summed E-state index contributed by atoms with van der Waals surface area (Å²) in [7, 11) is 3.22. The Labute approximate surface area is 177 Å². The maximum atomic E-state index is 5.62. The summed E-state index contributed by atoms with van der Waals surface area (Å²) in [6.07, 6.45) is 1.71.